The first-order valence-corrected chi connectivity index (χ1v) is 7.78. The number of anilines is 3. The average Bonchev–Trinajstić information content (AvgIpc) is 2.53. The summed E-state index contributed by atoms with van der Waals surface area (Å²) >= 11 is 5.90. The molecule has 26 heavy (non-hydrogen) atoms. The molecule has 0 saturated carbocycles. The van der Waals surface area contributed by atoms with Gasteiger partial charge < -0.3 is 16.4 Å². The van der Waals surface area contributed by atoms with Crippen LogP contribution in [0.25, 0.3) is 0 Å². The quantitative estimate of drug-likeness (QED) is 0.532. The maximum Gasteiger partial charge on any atom is 0.318 e. The third-order valence-corrected chi connectivity index (χ3v) is 3.84. The summed E-state index contributed by atoms with van der Waals surface area (Å²) in [5.74, 6) is -2.57. The van der Waals surface area contributed by atoms with Gasteiger partial charge in [0.1, 0.15) is 5.82 Å². The van der Waals surface area contributed by atoms with Crippen LogP contribution in [0, 0.1) is 0 Å². The Morgan fingerprint density at radius 1 is 1.31 bits per heavy atom. The zero-order valence-corrected chi connectivity index (χ0v) is 13.9. The van der Waals surface area contributed by atoms with E-state index in [9.17, 15) is 19.2 Å². The van der Waals surface area contributed by atoms with Crippen molar-refractivity contribution in [3.8, 4) is 0 Å². The number of aromatic nitrogens is 2. The predicted molar refractivity (Wildman–Crippen MR) is 93.3 cm³/mol. The smallest absolute Gasteiger partial charge is 0.318 e. The van der Waals surface area contributed by atoms with E-state index in [2.05, 4.69) is 20.6 Å². The van der Waals surface area contributed by atoms with Gasteiger partial charge in [0.25, 0.3) is 5.56 Å². The van der Waals surface area contributed by atoms with Gasteiger partial charge in [-0.05, 0) is 18.2 Å². The fraction of sp³-hybridized carbons (Fsp3) is 0.133. The molecule has 0 saturated heterocycles. The van der Waals surface area contributed by atoms with Crippen LogP contribution >= 0.6 is 11.6 Å². The van der Waals surface area contributed by atoms with Gasteiger partial charge in [0, 0.05) is 17.1 Å². The van der Waals surface area contributed by atoms with Gasteiger partial charge in [0.05, 0.1) is 11.5 Å². The minimum Gasteiger partial charge on any atom is -0.351 e. The molecule has 10 nitrogen and oxygen atoms in total. The van der Waals surface area contributed by atoms with E-state index < -0.39 is 29.3 Å². The van der Waals surface area contributed by atoms with Gasteiger partial charge in [-0.2, -0.15) is 4.98 Å². The number of benzene rings is 1. The molecule has 0 radical (unpaired) electrons. The van der Waals surface area contributed by atoms with Crippen molar-refractivity contribution in [2.24, 2.45) is 5.73 Å². The summed E-state index contributed by atoms with van der Waals surface area (Å²) in [6.07, 6.45) is -0.308. The highest BCUT2D eigenvalue weighted by Crippen LogP contribution is 2.29. The molecule has 1 aliphatic heterocycles. The van der Waals surface area contributed by atoms with Crippen LogP contribution in [0.15, 0.2) is 29.1 Å². The number of nitrogens with two attached hydrogens (primary N) is 1. The Kier molecular flexibility index (Phi) is 4.59. The van der Waals surface area contributed by atoms with Crippen molar-refractivity contribution < 1.29 is 14.4 Å². The summed E-state index contributed by atoms with van der Waals surface area (Å²) in [5, 5.41) is 7.64. The van der Waals surface area contributed by atoms with Gasteiger partial charge >= 0.3 is 6.03 Å². The number of rotatable bonds is 3. The number of imide groups is 1. The third kappa shape index (κ3) is 3.64. The predicted octanol–water partition coefficient (Wildman–Crippen LogP) is 0.788. The number of carbonyl (C=O) groups is 3. The second-order valence-corrected chi connectivity index (χ2v) is 5.91. The molecule has 1 aromatic carbocycles. The summed E-state index contributed by atoms with van der Waals surface area (Å²) in [5.41, 5.74) is 4.79. The maximum atomic E-state index is 12.4. The van der Waals surface area contributed by atoms with Gasteiger partial charge in [0.2, 0.25) is 17.8 Å². The first kappa shape index (κ1) is 17.4. The van der Waals surface area contributed by atoms with Gasteiger partial charge in [0.15, 0.2) is 0 Å². The lowest BCUT2D eigenvalue weighted by molar-refractivity contribution is -0.125. The van der Waals surface area contributed by atoms with Gasteiger partial charge in [-0.25, -0.2) is 4.79 Å². The van der Waals surface area contributed by atoms with Crippen LogP contribution in [0.3, 0.4) is 0 Å². The molecule has 1 aliphatic rings. The molecule has 4 amide bonds. The maximum absolute atomic E-state index is 12.4. The molecule has 1 atom stereocenters. The second-order valence-electron chi connectivity index (χ2n) is 5.47. The summed E-state index contributed by atoms with van der Waals surface area (Å²) in [6, 6.07) is 5.62. The molecular formula is C15H13ClN6O4. The van der Waals surface area contributed by atoms with Crippen LogP contribution in [-0.4, -0.2) is 27.8 Å². The lowest BCUT2D eigenvalue weighted by atomic mass is 9.92. The Labute approximate surface area is 151 Å². The Bertz CT molecular complexity index is 973. The topological polar surface area (TPSA) is 159 Å². The molecule has 0 unspecified atom stereocenters. The van der Waals surface area contributed by atoms with Crippen molar-refractivity contribution in [1.29, 1.82) is 0 Å². The van der Waals surface area contributed by atoms with E-state index in [1.807, 2.05) is 5.32 Å². The van der Waals surface area contributed by atoms with Crippen LogP contribution in [-0.2, 0) is 9.59 Å². The van der Waals surface area contributed by atoms with Crippen molar-refractivity contribution in [3.63, 3.8) is 0 Å². The van der Waals surface area contributed by atoms with E-state index in [1.54, 1.807) is 24.3 Å². The largest absolute Gasteiger partial charge is 0.351 e. The zero-order chi connectivity index (χ0) is 18.8. The van der Waals surface area contributed by atoms with Crippen LogP contribution in [0.4, 0.5) is 22.2 Å². The van der Waals surface area contributed by atoms with Crippen molar-refractivity contribution >= 4 is 46.9 Å². The summed E-state index contributed by atoms with van der Waals surface area (Å²) < 4.78 is 0. The number of H-pyrrole nitrogens is 1. The number of nitrogens with one attached hydrogen (secondary N) is 4. The lowest BCUT2D eigenvalue weighted by Gasteiger charge is -2.23. The monoisotopic (exact) mass is 376 g/mol. The molecule has 0 bridgehead atoms. The van der Waals surface area contributed by atoms with E-state index in [0.717, 1.165) is 0 Å². The van der Waals surface area contributed by atoms with E-state index >= 15 is 0 Å². The van der Waals surface area contributed by atoms with Crippen LogP contribution < -0.4 is 27.2 Å². The van der Waals surface area contributed by atoms with Crippen LogP contribution in [0.1, 0.15) is 17.9 Å². The molecular weight excluding hydrogens is 364 g/mol. The van der Waals surface area contributed by atoms with E-state index in [0.29, 0.717) is 10.7 Å². The van der Waals surface area contributed by atoms with Crippen molar-refractivity contribution in [3.05, 3.63) is 45.2 Å². The summed E-state index contributed by atoms with van der Waals surface area (Å²) in [7, 11) is 0. The Balaban J connectivity index is 1.97. The highest BCUT2D eigenvalue weighted by atomic mass is 35.5. The fourth-order valence-corrected chi connectivity index (χ4v) is 2.76. The molecule has 0 spiro atoms. The number of carbonyl (C=O) groups excluding carboxylic acids is 3. The molecule has 134 valence electrons. The number of primary amides is 1. The van der Waals surface area contributed by atoms with Gasteiger partial charge in [-0.3, -0.25) is 24.7 Å². The second kappa shape index (κ2) is 6.84. The standard InChI is InChI=1S/C15H13ClN6O4/c16-6-2-1-3-7(4-6)18-15-20-11-10(13(25)22-15)8(5-9(23)19-11)12(24)21-14(17)26/h1-4,8H,5H2,(H3,17,21,24,26)(H3,18,19,20,22,23,25)/t8-/m1/s1. The number of aromatic amines is 1. The average molecular weight is 377 g/mol. The molecule has 0 aliphatic carbocycles. The third-order valence-electron chi connectivity index (χ3n) is 3.60. The number of urea groups is 1. The zero-order valence-electron chi connectivity index (χ0n) is 13.1. The highest BCUT2D eigenvalue weighted by molar-refractivity contribution is 6.30. The molecule has 1 aromatic heterocycles. The first-order valence-electron chi connectivity index (χ1n) is 7.40. The Morgan fingerprint density at radius 3 is 2.77 bits per heavy atom. The number of nitrogens with zero attached hydrogens (tertiary/aromatic N) is 1. The first-order chi connectivity index (χ1) is 12.3. The minimum atomic E-state index is -1.18. The molecule has 6 N–H and O–H groups in total. The molecule has 11 heteroatoms. The van der Waals surface area contributed by atoms with E-state index in [4.69, 9.17) is 17.3 Å². The van der Waals surface area contributed by atoms with Gasteiger partial charge in [-0.1, -0.05) is 17.7 Å². The number of hydrogen-bond donors (Lipinski definition) is 5. The van der Waals surface area contributed by atoms with Crippen LogP contribution in [0.5, 0.6) is 0 Å². The fourth-order valence-electron chi connectivity index (χ4n) is 2.57. The molecule has 2 aromatic rings. The number of hydrogen-bond acceptors (Lipinski definition) is 6. The Morgan fingerprint density at radius 2 is 2.08 bits per heavy atom. The van der Waals surface area contributed by atoms with Gasteiger partial charge in [-0.15, -0.1) is 0 Å². The Hall–Kier alpha value is -3.40. The van der Waals surface area contributed by atoms with E-state index in [-0.39, 0.29) is 23.8 Å². The highest BCUT2D eigenvalue weighted by Gasteiger charge is 2.35. The lowest BCUT2D eigenvalue weighted by Crippen LogP contribution is -2.43. The SMILES string of the molecule is NC(=O)NC(=O)[C@@H]1CC(=O)Nc2nc(Nc3cccc(Cl)c3)[nH]c(=O)c21. The molecule has 3 rings (SSSR count). The summed E-state index contributed by atoms with van der Waals surface area (Å²) in [4.78, 5) is 53.9. The molecule has 0 fully saturated rings. The van der Waals surface area contributed by atoms with Crippen molar-refractivity contribution in [2.45, 2.75) is 12.3 Å². The van der Waals surface area contributed by atoms with Crippen molar-refractivity contribution in [2.75, 3.05) is 10.6 Å². The summed E-state index contributed by atoms with van der Waals surface area (Å²) in [6.45, 7) is 0. The molecule has 2 heterocycles. The number of fused-ring (bicyclic) bond motifs is 1. The van der Waals surface area contributed by atoms with E-state index in [1.165, 1.54) is 0 Å². The van der Waals surface area contributed by atoms with Crippen molar-refractivity contribution in [1.82, 2.24) is 15.3 Å². The number of amides is 4. The minimum absolute atomic E-state index is 0.0484. The normalized spacial score (nSPS) is 15.6. The van der Waals surface area contributed by atoms with Crippen LogP contribution in [0.2, 0.25) is 5.02 Å². The number of halogens is 1.